The van der Waals surface area contributed by atoms with Gasteiger partial charge in [0, 0.05) is 20.0 Å². The van der Waals surface area contributed by atoms with E-state index < -0.39 is 8.24 Å². The largest absolute Gasteiger partial charge is 0.299 e. The summed E-state index contributed by atoms with van der Waals surface area (Å²) in [7, 11) is -1.46. The van der Waals surface area contributed by atoms with Gasteiger partial charge in [-0.15, -0.1) is 6.58 Å². The summed E-state index contributed by atoms with van der Waals surface area (Å²) in [6.07, 6.45) is 12.8. The maximum Gasteiger partial charge on any atom is 0.128 e. The Balaban J connectivity index is 1.83. The Morgan fingerprint density at radius 3 is 2.45 bits per heavy atom. The molecule has 3 nitrogen and oxygen atoms in total. The van der Waals surface area contributed by atoms with Crippen molar-refractivity contribution in [2.75, 3.05) is 20.0 Å². The molecule has 4 heteroatoms. The number of rotatable bonds is 3. The van der Waals surface area contributed by atoms with Crippen LogP contribution < -0.4 is 10.6 Å². The van der Waals surface area contributed by atoms with Gasteiger partial charge in [-0.05, 0) is 29.7 Å². The van der Waals surface area contributed by atoms with E-state index in [9.17, 15) is 0 Å². The molecule has 3 rings (SSSR count). The predicted molar refractivity (Wildman–Crippen MR) is 87.5 cm³/mol. The minimum atomic E-state index is -1.46. The molecule has 0 radical (unpaired) electrons. The van der Waals surface area contributed by atoms with Crippen molar-refractivity contribution in [2.24, 2.45) is 17.8 Å². The fourth-order valence-corrected chi connectivity index (χ4v) is 7.89. The summed E-state index contributed by atoms with van der Waals surface area (Å²) in [5.74, 6) is 2.05. The fourth-order valence-electron chi connectivity index (χ4n) is 4.26. The monoisotopic (exact) mass is 289 g/mol. The first-order valence-electron chi connectivity index (χ1n) is 7.78. The standard InChI is InChI=1S/C16H27N3Si/c1-4-13-9-16(15-8-6-5-7-14(13)15)20(2,3)19-11-17-10-18-12-19/h4-8,13-18H,1,9-12H2,2-3H3/t13-,14?,15?,16?/m0/s1. The zero-order chi connectivity index (χ0) is 14.2. The Bertz CT molecular complexity index is 423. The molecule has 0 aromatic heterocycles. The first-order valence-corrected chi connectivity index (χ1v) is 10.8. The second-order valence-corrected chi connectivity index (χ2v) is 11.5. The maximum absolute atomic E-state index is 4.08. The highest BCUT2D eigenvalue weighted by atomic mass is 28.3. The van der Waals surface area contributed by atoms with Gasteiger partial charge in [0.05, 0.1) is 0 Å². The van der Waals surface area contributed by atoms with Crippen LogP contribution in [0, 0.1) is 17.8 Å². The fraction of sp³-hybridized carbons (Fsp3) is 0.625. The Kier molecular flexibility index (Phi) is 3.99. The molecule has 3 aliphatic rings. The Labute approximate surface area is 123 Å². The molecular formula is C16H27N3Si. The minimum Gasteiger partial charge on any atom is -0.299 e. The average Bonchev–Trinajstić information content (AvgIpc) is 2.88. The van der Waals surface area contributed by atoms with Crippen LogP contribution in [0.15, 0.2) is 37.0 Å². The highest BCUT2D eigenvalue weighted by molar-refractivity contribution is 6.76. The lowest BCUT2D eigenvalue weighted by atomic mass is 9.86. The van der Waals surface area contributed by atoms with Crippen LogP contribution in [-0.2, 0) is 0 Å². The van der Waals surface area contributed by atoms with Gasteiger partial charge in [0.2, 0.25) is 0 Å². The van der Waals surface area contributed by atoms with Gasteiger partial charge in [0.15, 0.2) is 0 Å². The first kappa shape index (κ1) is 14.3. The van der Waals surface area contributed by atoms with Crippen LogP contribution in [-0.4, -0.2) is 32.8 Å². The lowest BCUT2D eigenvalue weighted by Crippen LogP contribution is -2.63. The van der Waals surface area contributed by atoms with E-state index in [0.717, 1.165) is 25.5 Å². The lowest BCUT2D eigenvalue weighted by molar-refractivity contribution is 0.283. The van der Waals surface area contributed by atoms with Crippen LogP contribution in [0.3, 0.4) is 0 Å². The summed E-state index contributed by atoms with van der Waals surface area (Å²) in [5.41, 5.74) is 0.818. The molecule has 0 aromatic carbocycles. The van der Waals surface area contributed by atoms with Crippen molar-refractivity contribution in [3.63, 3.8) is 0 Å². The topological polar surface area (TPSA) is 27.3 Å². The molecule has 1 aliphatic heterocycles. The molecule has 20 heavy (non-hydrogen) atoms. The Hall–Kier alpha value is -0.683. The van der Waals surface area contributed by atoms with Crippen molar-refractivity contribution in [3.05, 3.63) is 37.0 Å². The second kappa shape index (κ2) is 5.60. The minimum absolute atomic E-state index is 0.656. The summed E-state index contributed by atoms with van der Waals surface area (Å²) in [6, 6.07) is 0. The van der Waals surface area contributed by atoms with Gasteiger partial charge in [-0.1, -0.05) is 43.5 Å². The highest BCUT2D eigenvalue weighted by Crippen LogP contribution is 2.53. The van der Waals surface area contributed by atoms with Crippen LogP contribution in [0.25, 0.3) is 0 Å². The van der Waals surface area contributed by atoms with Crippen molar-refractivity contribution >= 4 is 8.24 Å². The number of hydrogen-bond donors (Lipinski definition) is 2. The third-order valence-corrected chi connectivity index (χ3v) is 9.97. The summed E-state index contributed by atoms with van der Waals surface area (Å²) in [5, 5.41) is 6.92. The van der Waals surface area contributed by atoms with Crippen LogP contribution in [0.1, 0.15) is 6.42 Å². The van der Waals surface area contributed by atoms with Crippen LogP contribution in [0.4, 0.5) is 0 Å². The van der Waals surface area contributed by atoms with Gasteiger partial charge >= 0.3 is 0 Å². The number of nitrogens with one attached hydrogen (secondary N) is 2. The molecule has 4 atom stereocenters. The van der Waals surface area contributed by atoms with E-state index in [0.29, 0.717) is 17.8 Å². The highest BCUT2D eigenvalue weighted by Gasteiger charge is 2.50. The predicted octanol–water partition coefficient (Wildman–Crippen LogP) is 2.49. The third-order valence-electron chi connectivity index (χ3n) is 5.59. The van der Waals surface area contributed by atoms with Gasteiger partial charge in [-0.25, -0.2) is 0 Å². The maximum atomic E-state index is 4.08. The number of allylic oxidation sites excluding steroid dienone is 5. The van der Waals surface area contributed by atoms with Gasteiger partial charge in [-0.3, -0.25) is 15.2 Å². The molecule has 3 unspecified atom stereocenters. The Morgan fingerprint density at radius 2 is 1.80 bits per heavy atom. The summed E-state index contributed by atoms with van der Waals surface area (Å²) >= 11 is 0. The van der Waals surface area contributed by atoms with Crippen molar-refractivity contribution in [1.82, 2.24) is 15.2 Å². The zero-order valence-electron chi connectivity index (χ0n) is 12.7. The number of nitrogens with zero attached hydrogens (tertiary/aromatic N) is 1. The second-order valence-electron chi connectivity index (χ2n) is 6.85. The SMILES string of the molecule is C=C[C@H]1CC([Si](C)(C)N2CNCNC2)C2C=CC=CC21. The smallest absolute Gasteiger partial charge is 0.128 e. The van der Waals surface area contributed by atoms with E-state index in [1.54, 1.807) is 0 Å². The van der Waals surface area contributed by atoms with Gasteiger partial charge in [0.25, 0.3) is 0 Å². The van der Waals surface area contributed by atoms with E-state index in [-0.39, 0.29) is 0 Å². The molecule has 0 spiro atoms. The normalized spacial score (nSPS) is 37.9. The summed E-state index contributed by atoms with van der Waals surface area (Å²) in [6.45, 7) is 12.2. The zero-order valence-corrected chi connectivity index (χ0v) is 13.7. The molecule has 1 heterocycles. The van der Waals surface area contributed by atoms with Crippen molar-refractivity contribution in [3.8, 4) is 0 Å². The van der Waals surface area contributed by atoms with Crippen LogP contribution in [0.5, 0.6) is 0 Å². The van der Waals surface area contributed by atoms with E-state index in [4.69, 9.17) is 0 Å². The first-order chi connectivity index (χ1) is 9.64. The molecule has 2 N–H and O–H groups in total. The third kappa shape index (κ3) is 2.35. The van der Waals surface area contributed by atoms with Crippen molar-refractivity contribution in [1.29, 1.82) is 0 Å². The van der Waals surface area contributed by atoms with Crippen molar-refractivity contribution in [2.45, 2.75) is 25.1 Å². The average molecular weight is 289 g/mol. The molecular weight excluding hydrogens is 262 g/mol. The molecule has 0 amide bonds. The van der Waals surface area contributed by atoms with Gasteiger partial charge in [-0.2, -0.15) is 0 Å². The molecule has 110 valence electrons. The van der Waals surface area contributed by atoms with Gasteiger partial charge < -0.3 is 0 Å². The van der Waals surface area contributed by atoms with E-state index >= 15 is 0 Å². The Morgan fingerprint density at radius 1 is 1.15 bits per heavy atom. The van der Waals surface area contributed by atoms with Gasteiger partial charge in [0.1, 0.15) is 8.24 Å². The molecule has 1 saturated carbocycles. The molecule has 0 bridgehead atoms. The summed E-state index contributed by atoms with van der Waals surface area (Å²) in [4.78, 5) is 0. The molecule has 1 saturated heterocycles. The summed E-state index contributed by atoms with van der Waals surface area (Å²) < 4.78 is 2.68. The molecule has 2 aliphatic carbocycles. The number of hydrogen-bond acceptors (Lipinski definition) is 3. The quantitative estimate of drug-likeness (QED) is 0.617. The van der Waals surface area contributed by atoms with Crippen LogP contribution in [0.2, 0.25) is 18.6 Å². The van der Waals surface area contributed by atoms with E-state index in [1.165, 1.54) is 6.42 Å². The number of fused-ring (bicyclic) bond motifs is 1. The lowest BCUT2D eigenvalue weighted by Gasteiger charge is -2.45. The van der Waals surface area contributed by atoms with E-state index in [2.05, 4.69) is 65.3 Å². The molecule has 2 fully saturated rings. The molecule has 0 aromatic rings. The van der Waals surface area contributed by atoms with Crippen LogP contribution >= 0.6 is 0 Å². The van der Waals surface area contributed by atoms with Crippen molar-refractivity contribution < 1.29 is 0 Å². The van der Waals surface area contributed by atoms with E-state index in [1.807, 2.05) is 0 Å².